The van der Waals surface area contributed by atoms with Gasteiger partial charge in [0.15, 0.2) is 0 Å². The van der Waals surface area contributed by atoms with E-state index in [4.69, 9.17) is 9.47 Å². The number of ether oxygens (including phenoxy) is 2. The lowest BCUT2D eigenvalue weighted by atomic mass is 9.80. The second-order valence-electron chi connectivity index (χ2n) is 9.65. The number of rotatable bonds is 5. The molecule has 1 fully saturated rings. The Morgan fingerprint density at radius 2 is 1.79 bits per heavy atom. The molecule has 2 aromatic rings. The lowest BCUT2D eigenvalue weighted by molar-refractivity contribution is -0.184. The summed E-state index contributed by atoms with van der Waals surface area (Å²) in [6.45, 7) is 7.08. The molecule has 0 radical (unpaired) electrons. The van der Waals surface area contributed by atoms with Gasteiger partial charge in [-0.05, 0) is 77.0 Å². The summed E-state index contributed by atoms with van der Waals surface area (Å²) in [5.74, 6) is -0.687. The minimum absolute atomic E-state index is 0.179. The fourth-order valence-corrected chi connectivity index (χ4v) is 4.17. The molecule has 6 nitrogen and oxygen atoms in total. The number of carbonyl (C=O) groups excluding carboxylic acids is 2. The fourth-order valence-electron chi connectivity index (χ4n) is 4.17. The zero-order chi connectivity index (χ0) is 24.4. The normalized spacial score (nSPS) is 19.4. The minimum atomic E-state index is -4.10. The summed E-state index contributed by atoms with van der Waals surface area (Å²) in [4.78, 5) is 24.3. The van der Waals surface area contributed by atoms with Crippen LogP contribution in [0.1, 0.15) is 59.8 Å². The van der Waals surface area contributed by atoms with E-state index in [0.29, 0.717) is 48.2 Å². The van der Waals surface area contributed by atoms with Gasteiger partial charge < -0.3 is 14.8 Å². The highest BCUT2D eigenvalue weighted by Gasteiger charge is 2.41. The van der Waals surface area contributed by atoms with E-state index < -0.39 is 23.8 Å². The largest absolute Gasteiger partial charge is 0.494 e. The summed E-state index contributed by atoms with van der Waals surface area (Å²) >= 11 is 0. The highest BCUT2D eigenvalue weighted by molar-refractivity contribution is 6.04. The van der Waals surface area contributed by atoms with Gasteiger partial charge in [-0.15, -0.1) is 0 Å². The standard InChI is InChI=1S/C24H31F3N2O4/c1-15(30)28-20-14-29(22(31)33-23(2,3)4)21-10-9-18(13-19(20)21)32-12-11-16-5-7-17(8-6-16)24(25,26)27/h9-10,13-14,16-17H,5-8,11-12H2,1-4H3,(H,28,30). The number of halogens is 3. The van der Waals surface area contributed by atoms with Crippen LogP contribution in [0.3, 0.4) is 0 Å². The molecule has 1 aromatic carbocycles. The summed E-state index contributed by atoms with van der Waals surface area (Å²) in [6.07, 6.45) is -0.999. The Labute approximate surface area is 191 Å². The molecule has 3 rings (SSSR count). The molecule has 33 heavy (non-hydrogen) atoms. The van der Waals surface area contributed by atoms with E-state index in [0.717, 1.165) is 0 Å². The number of alkyl halides is 3. The molecule has 1 amide bonds. The van der Waals surface area contributed by atoms with Crippen molar-refractivity contribution < 1.29 is 32.2 Å². The van der Waals surface area contributed by atoms with E-state index in [1.165, 1.54) is 17.7 Å². The van der Waals surface area contributed by atoms with E-state index in [1.54, 1.807) is 39.0 Å². The molecule has 0 spiro atoms. The molecule has 1 aromatic heterocycles. The molecule has 182 valence electrons. The maximum atomic E-state index is 12.8. The molecule has 1 N–H and O–H groups in total. The van der Waals surface area contributed by atoms with E-state index in [1.807, 2.05) is 0 Å². The summed E-state index contributed by atoms with van der Waals surface area (Å²) in [5, 5.41) is 3.35. The van der Waals surface area contributed by atoms with Crippen molar-refractivity contribution in [3.8, 4) is 5.75 Å². The Balaban J connectivity index is 1.68. The van der Waals surface area contributed by atoms with E-state index in [9.17, 15) is 22.8 Å². The molecule has 0 saturated heterocycles. The third-order valence-corrected chi connectivity index (χ3v) is 5.78. The Bertz CT molecular complexity index is 1000. The maximum Gasteiger partial charge on any atom is 0.419 e. The van der Waals surface area contributed by atoms with Gasteiger partial charge in [-0.3, -0.25) is 9.36 Å². The molecule has 0 atom stereocenters. The average Bonchev–Trinajstić information content (AvgIpc) is 3.04. The molecular formula is C24H31F3N2O4. The molecule has 1 heterocycles. The number of hydrogen-bond donors (Lipinski definition) is 1. The number of nitrogens with zero attached hydrogens (tertiary/aromatic N) is 1. The van der Waals surface area contributed by atoms with Gasteiger partial charge in [0, 0.05) is 18.5 Å². The van der Waals surface area contributed by atoms with E-state index in [2.05, 4.69) is 5.32 Å². The predicted octanol–water partition coefficient (Wildman–Crippen LogP) is 6.52. The van der Waals surface area contributed by atoms with Crippen LogP contribution in [0, 0.1) is 11.8 Å². The molecule has 1 saturated carbocycles. The lowest BCUT2D eigenvalue weighted by Gasteiger charge is -2.29. The maximum absolute atomic E-state index is 12.8. The molecular weight excluding hydrogens is 437 g/mol. The van der Waals surface area contributed by atoms with Gasteiger partial charge in [-0.25, -0.2) is 4.79 Å². The number of aromatic nitrogens is 1. The summed E-state index contributed by atoms with van der Waals surface area (Å²) in [7, 11) is 0. The Kier molecular flexibility index (Phi) is 7.29. The van der Waals surface area contributed by atoms with Crippen molar-refractivity contribution in [3.05, 3.63) is 24.4 Å². The third-order valence-electron chi connectivity index (χ3n) is 5.78. The van der Waals surface area contributed by atoms with Crippen LogP contribution < -0.4 is 10.1 Å². The zero-order valence-corrected chi connectivity index (χ0v) is 19.4. The van der Waals surface area contributed by atoms with Crippen LogP contribution in [0.4, 0.5) is 23.7 Å². The second kappa shape index (κ2) is 9.65. The second-order valence-corrected chi connectivity index (χ2v) is 9.65. The van der Waals surface area contributed by atoms with Gasteiger partial charge in [-0.1, -0.05) is 0 Å². The lowest BCUT2D eigenvalue weighted by Crippen LogP contribution is -2.28. The van der Waals surface area contributed by atoms with Crippen molar-refractivity contribution in [2.24, 2.45) is 11.8 Å². The van der Waals surface area contributed by atoms with Crippen LogP contribution in [-0.2, 0) is 9.53 Å². The van der Waals surface area contributed by atoms with Crippen molar-refractivity contribution in [1.82, 2.24) is 4.57 Å². The van der Waals surface area contributed by atoms with Gasteiger partial charge in [0.1, 0.15) is 11.4 Å². The van der Waals surface area contributed by atoms with Crippen molar-refractivity contribution in [3.63, 3.8) is 0 Å². The fraction of sp³-hybridized carbons (Fsp3) is 0.583. The summed E-state index contributed by atoms with van der Waals surface area (Å²) < 4.78 is 51.1. The van der Waals surface area contributed by atoms with E-state index >= 15 is 0 Å². The Morgan fingerprint density at radius 1 is 1.12 bits per heavy atom. The van der Waals surface area contributed by atoms with Crippen LogP contribution in [0.2, 0.25) is 0 Å². The van der Waals surface area contributed by atoms with Gasteiger partial charge >= 0.3 is 12.3 Å². The van der Waals surface area contributed by atoms with Gasteiger partial charge in [-0.2, -0.15) is 13.2 Å². The van der Waals surface area contributed by atoms with E-state index in [-0.39, 0.29) is 24.7 Å². The number of carbonyl (C=O) groups is 2. The summed E-state index contributed by atoms with van der Waals surface area (Å²) in [5.41, 5.74) is 0.342. The Hall–Kier alpha value is -2.71. The third kappa shape index (κ3) is 6.65. The molecule has 0 aliphatic heterocycles. The zero-order valence-electron chi connectivity index (χ0n) is 19.4. The topological polar surface area (TPSA) is 69.6 Å². The number of hydrogen-bond acceptors (Lipinski definition) is 4. The summed E-state index contributed by atoms with van der Waals surface area (Å²) in [6, 6.07) is 5.18. The number of amides is 1. The average molecular weight is 469 g/mol. The van der Waals surface area contributed by atoms with Gasteiger partial charge in [0.2, 0.25) is 5.91 Å². The number of nitrogens with one attached hydrogen (secondary N) is 1. The monoisotopic (exact) mass is 468 g/mol. The van der Waals surface area contributed by atoms with Crippen molar-refractivity contribution in [1.29, 1.82) is 0 Å². The molecule has 0 bridgehead atoms. The first-order valence-corrected chi connectivity index (χ1v) is 11.2. The van der Waals surface area contributed by atoms with Crippen LogP contribution in [0.25, 0.3) is 10.9 Å². The smallest absolute Gasteiger partial charge is 0.419 e. The van der Waals surface area contributed by atoms with Crippen molar-refractivity contribution in [2.75, 3.05) is 11.9 Å². The van der Waals surface area contributed by atoms with Crippen LogP contribution in [-0.4, -0.2) is 35.0 Å². The molecule has 9 heteroatoms. The SMILES string of the molecule is CC(=O)Nc1cn(C(=O)OC(C)(C)C)c2ccc(OCCC3CCC(C(F)(F)F)CC3)cc12. The highest BCUT2D eigenvalue weighted by atomic mass is 19.4. The van der Waals surface area contributed by atoms with Crippen LogP contribution in [0.15, 0.2) is 24.4 Å². The highest BCUT2D eigenvalue weighted by Crippen LogP contribution is 2.40. The molecule has 1 aliphatic carbocycles. The van der Waals surface area contributed by atoms with Gasteiger partial charge in [0.25, 0.3) is 0 Å². The van der Waals surface area contributed by atoms with Crippen LogP contribution >= 0.6 is 0 Å². The number of fused-ring (bicyclic) bond motifs is 1. The van der Waals surface area contributed by atoms with Crippen molar-refractivity contribution >= 4 is 28.6 Å². The first kappa shape index (κ1) is 24.9. The first-order valence-electron chi connectivity index (χ1n) is 11.2. The van der Waals surface area contributed by atoms with Crippen LogP contribution in [0.5, 0.6) is 5.75 Å². The first-order chi connectivity index (χ1) is 15.3. The van der Waals surface area contributed by atoms with Gasteiger partial charge in [0.05, 0.1) is 23.7 Å². The number of benzene rings is 1. The van der Waals surface area contributed by atoms with Crippen molar-refractivity contribution in [2.45, 2.75) is 71.6 Å². The predicted molar refractivity (Wildman–Crippen MR) is 119 cm³/mol. The molecule has 1 aliphatic rings. The minimum Gasteiger partial charge on any atom is -0.494 e. The molecule has 0 unspecified atom stereocenters. The quantitative estimate of drug-likeness (QED) is 0.542. The number of anilines is 1. The Morgan fingerprint density at radius 3 is 2.36 bits per heavy atom.